The number of aromatic nitrogens is 4. The molecule has 0 fully saturated rings. The summed E-state index contributed by atoms with van der Waals surface area (Å²) < 4.78 is 38.6. The molecular formula is C18H18F3N7O. The van der Waals surface area contributed by atoms with Crippen molar-refractivity contribution in [2.75, 3.05) is 12.4 Å². The smallest absolute Gasteiger partial charge is 0.386 e. The standard InChI is InChI=1S/C18H18F3N7O/c1-22-13-5-3-4-12(16(13)23-2)10-28(9-11-7-24-25-8-11)17(29)14-6-15(27-26-14)18(19,20)21/h3-8,22H,2,9-10H2,1H3,(H,24,25)(H,26,27). The van der Waals surface area contributed by atoms with E-state index in [-0.39, 0.29) is 18.8 Å². The first kappa shape index (κ1) is 20.1. The molecule has 0 saturated carbocycles. The molecule has 0 bridgehead atoms. The highest BCUT2D eigenvalue weighted by molar-refractivity contribution is 5.92. The second kappa shape index (κ2) is 8.17. The van der Waals surface area contributed by atoms with Gasteiger partial charge < -0.3 is 10.2 Å². The maximum absolute atomic E-state index is 13.0. The lowest BCUT2D eigenvalue weighted by Crippen LogP contribution is -2.30. The fraction of sp³-hybridized carbons (Fsp3) is 0.222. The zero-order chi connectivity index (χ0) is 21.0. The van der Waals surface area contributed by atoms with Crippen LogP contribution in [0.5, 0.6) is 0 Å². The fourth-order valence-electron chi connectivity index (χ4n) is 2.84. The van der Waals surface area contributed by atoms with E-state index in [0.29, 0.717) is 28.6 Å². The first-order valence-electron chi connectivity index (χ1n) is 8.49. The van der Waals surface area contributed by atoms with Gasteiger partial charge in [-0.25, -0.2) is 0 Å². The number of halogens is 3. The quantitative estimate of drug-likeness (QED) is 0.525. The summed E-state index contributed by atoms with van der Waals surface area (Å²) in [6.07, 6.45) is -1.51. The summed E-state index contributed by atoms with van der Waals surface area (Å²) in [4.78, 5) is 18.4. The van der Waals surface area contributed by atoms with Crippen LogP contribution < -0.4 is 5.32 Å². The molecule has 29 heavy (non-hydrogen) atoms. The average Bonchev–Trinajstić information content (AvgIpc) is 3.38. The number of hydrogen-bond acceptors (Lipinski definition) is 5. The lowest BCUT2D eigenvalue weighted by atomic mass is 10.1. The van der Waals surface area contributed by atoms with Crippen LogP contribution in [-0.2, 0) is 19.3 Å². The van der Waals surface area contributed by atoms with Gasteiger partial charge in [-0.15, -0.1) is 0 Å². The summed E-state index contributed by atoms with van der Waals surface area (Å²) in [5.41, 5.74) is 1.22. The van der Waals surface area contributed by atoms with Gasteiger partial charge in [0.25, 0.3) is 5.91 Å². The van der Waals surface area contributed by atoms with E-state index in [1.165, 1.54) is 11.1 Å². The van der Waals surface area contributed by atoms with Crippen LogP contribution in [0, 0.1) is 0 Å². The predicted octanol–water partition coefficient (Wildman–Crippen LogP) is 3.37. The molecule has 0 radical (unpaired) electrons. The number of amides is 1. The number of carbonyl (C=O) groups excluding carboxylic acids is 1. The Morgan fingerprint density at radius 2 is 2.14 bits per heavy atom. The SMILES string of the molecule is C=Nc1c(CN(Cc2cn[nH]c2)C(=O)c2cc(C(F)(F)F)n[nH]2)cccc1NC. The van der Waals surface area contributed by atoms with Crippen molar-refractivity contribution in [1.29, 1.82) is 0 Å². The van der Waals surface area contributed by atoms with Crippen LogP contribution in [0.1, 0.15) is 27.3 Å². The van der Waals surface area contributed by atoms with Gasteiger partial charge >= 0.3 is 6.18 Å². The number of nitrogens with one attached hydrogen (secondary N) is 3. The molecule has 3 aromatic rings. The number of rotatable bonds is 7. The largest absolute Gasteiger partial charge is 0.435 e. The number of para-hydroxylation sites is 1. The van der Waals surface area contributed by atoms with E-state index in [2.05, 4.69) is 37.4 Å². The van der Waals surface area contributed by atoms with Crippen molar-refractivity contribution in [2.24, 2.45) is 4.99 Å². The molecule has 2 heterocycles. The molecule has 11 heteroatoms. The number of aliphatic imine (C=N–C) groups is 1. The highest BCUT2D eigenvalue weighted by atomic mass is 19.4. The molecule has 0 saturated heterocycles. The number of carbonyl (C=O) groups is 1. The van der Waals surface area contributed by atoms with Crippen LogP contribution in [0.4, 0.5) is 24.5 Å². The van der Waals surface area contributed by atoms with E-state index in [4.69, 9.17) is 0 Å². The molecule has 0 aliphatic rings. The van der Waals surface area contributed by atoms with Gasteiger partial charge in [-0.05, 0) is 18.3 Å². The van der Waals surface area contributed by atoms with Gasteiger partial charge in [0, 0.05) is 38.0 Å². The Labute approximate surface area is 163 Å². The summed E-state index contributed by atoms with van der Waals surface area (Å²) in [5.74, 6) is -0.640. The highest BCUT2D eigenvalue weighted by Gasteiger charge is 2.35. The molecule has 0 atom stereocenters. The lowest BCUT2D eigenvalue weighted by Gasteiger charge is -2.23. The Hall–Kier alpha value is -3.63. The molecule has 0 unspecified atom stereocenters. The molecule has 1 aromatic carbocycles. The molecule has 3 rings (SSSR count). The van der Waals surface area contributed by atoms with Crippen molar-refractivity contribution < 1.29 is 18.0 Å². The molecule has 3 N–H and O–H groups in total. The van der Waals surface area contributed by atoms with Gasteiger partial charge in [-0.2, -0.15) is 23.4 Å². The zero-order valence-electron chi connectivity index (χ0n) is 15.4. The number of aromatic amines is 2. The Balaban J connectivity index is 1.94. The van der Waals surface area contributed by atoms with Crippen molar-refractivity contribution in [2.45, 2.75) is 19.3 Å². The zero-order valence-corrected chi connectivity index (χ0v) is 15.4. The van der Waals surface area contributed by atoms with Gasteiger partial charge in [0.05, 0.1) is 17.6 Å². The third-order valence-electron chi connectivity index (χ3n) is 4.22. The molecule has 2 aromatic heterocycles. The summed E-state index contributed by atoms with van der Waals surface area (Å²) >= 11 is 0. The topological polar surface area (TPSA) is 102 Å². The van der Waals surface area contributed by atoms with E-state index < -0.39 is 17.8 Å². The van der Waals surface area contributed by atoms with Gasteiger partial charge in [-0.1, -0.05) is 12.1 Å². The number of hydrogen-bond donors (Lipinski definition) is 3. The van der Waals surface area contributed by atoms with E-state index in [1.807, 2.05) is 0 Å². The lowest BCUT2D eigenvalue weighted by molar-refractivity contribution is -0.141. The van der Waals surface area contributed by atoms with Gasteiger partial charge in [0.1, 0.15) is 5.69 Å². The molecule has 8 nitrogen and oxygen atoms in total. The van der Waals surface area contributed by atoms with Crippen LogP contribution in [0.2, 0.25) is 0 Å². The summed E-state index contributed by atoms with van der Waals surface area (Å²) in [6.45, 7) is 3.78. The second-order valence-corrected chi connectivity index (χ2v) is 6.15. The van der Waals surface area contributed by atoms with Gasteiger partial charge in [-0.3, -0.25) is 20.0 Å². The van der Waals surface area contributed by atoms with Crippen molar-refractivity contribution in [3.8, 4) is 0 Å². The van der Waals surface area contributed by atoms with Crippen LogP contribution >= 0.6 is 0 Å². The van der Waals surface area contributed by atoms with Crippen LogP contribution in [0.25, 0.3) is 0 Å². The number of benzene rings is 1. The molecule has 0 aliphatic carbocycles. The molecule has 0 spiro atoms. The third kappa shape index (κ3) is 4.45. The van der Waals surface area contributed by atoms with E-state index in [0.717, 1.165) is 0 Å². The molecular weight excluding hydrogens is 387 g/mol. The number of H-pyrrole nitrogens is 2. The molecule has 152 valence electrons. The Bertz CT molecular complexity index is 995. The number of alkyl halides is 3. The Kier molecular flexibility index (Phi) is 5.66. The monoisotopic (exact) mass is 405 g/mol. The Morgan fingerprint density at radius 1 is 1.34 bits per heavy atom. The summed E-state index contributed by atoms with van der Waals surface area (Å²) in [5, 5.41) is 14.9. The summed E-state index contributed by atoms with van der Waals surface area (Å²) in [6, 6.07) is 6.06. The molecule has 1 amide bonds. The minimum atomic E-state index is -4.65. The maximum Gasteiger partial charge on any atom is 0.435 e. The van der Waals surface area contributed by atoms with Crippen LogP contribution in [0.15, 0.2) is 41.7 Å². The normalized spacial score (nSPS) is 11.3. The number of nitrogens with zero attached hydrogens (tertiary/aromatic N) is 4. The third-order valence-corrected chi connectivity index (χ3v) is 4.22. The van der Waals surface area contributed by atoms with Gasteiger partial charge in [0.15, 0.2) is 5.69 Å². The van der Waals surface area contributed by atoms with Crippen LogP contribution in [-0.4, -0.2) is 45.0 Å². The second-order valence-electron chi connectivity index (χ2n) is 6.15. The van der Waals surface area contributed by atoms with Crippen molar-refractivity contribution in [3.63, 3.8) is 0 Å². The minimum Gasteiger partial charge on any atom is -0.386 e. The first-order chi connectivity index (χ1) is 13.8. The number of anilines is 1. The predicted molar refractivity (Wildman–Crippen MR) is 101 cm³/mol. The maximum atomic E-state index is 13.0. The fourth-order valence-corrected chi connectivity index (χ4v) is 2.84. The van der Waals surface area contributed by atoms with E-state index in [9.17, 15) is 18.0 Å². The van der Waals surface area contributed by atoms with E-state index >= 15 is 0 Å². The van der Waals surface area contributed by atoms with Gasteiger partial charge in [0.2, 0.25) is 0 Å². The first-order valence-corrected chi connectivity index (χ1v) is 8.49. The summed E-state index contributed by atoms with van der Waals surface area (Å²) in [7, 11) is 1.73. The van der Waals surface area contributed by atoms with E-state index in [1.54, 1.807) is 31.4 Å². The highest BCUT2D eigenvalue weighted by Crippen LogP contribution is 2.31. The Morgan fingerprint density at radius 3 is 2.72 bits per heavy atom. The van der Waals surface area contributed by atoms with Crippen molar-refractivity contribution in [1.82, 2.24) is 25.3 Å². The van der Waals surface area contributed by atoms with Crippen LogP contribution in [0.3, 0.4) is 0 Å². The minimum absolute atomic E-state index is 0.0915. The van der Waals surface area contributed by atoms with Crippen molar-refractivity contribution >= 4 is 24.0 Å². The average molecular weight is 405 g/mol. The van der Waals surface area contributed by atoms with Crippen molar-refractivity contribution in [3.05, 3.63) is 59.2 Å². The molecule has 0 aliphatic heterocycles.